The van der Waals surface area contributed by atoms with E-state index in [4.69, 9.17) is 0 Å². The van der Waals surface area contributed by atoms with Crippen molar-refractivity contribution in [3.05, 3.63) is 64.1 Å². The molecule has 2 aromatic rings. The minimum atomic E-state index is -0.711. The van der Waals surface area contributed by atoms with Gasteiger partial charge in [0.15, 0.2) is 0 Å². The smallest absolute Gasteiger partial charge is 0.251 e. The zero-order valence-corrected chi connectivity index (χ0v) is 18.7. The molecule has 154 valence electrons. The Bertz CT molecular complexity index is 862. The lowest BCUT2D eigenvalue weighted by atomic mass is 10.1. The molecule has 6 nitrogen and oxygen atoms in total. The van der Waals surface area contributed by atoms with Crippen LogP contribution in [0.3, 0.4) is 0 Å². The first-order chi connectivity index (χ1) is 13.9. The van der Waals surface area contributed by atoms with Crippen molar-refractivity contribution < 1.29 is 14.4 Å². The van der Waals surface area contributed by atoms with Crippen LogP contribution in [-0.2, 0) is 9.59 Å². The maximum atomic E-state index is 12.6. The van der Waals surface area contributed by atoms with Gasteiger partial charge < -0.3 is 16.0 Å². The molecule has 0 aliphatic rings. The van der Waals surface area contributed by atoms with Crippen LogP contribution in [0.2, 0.25) is 0 Å². The number of halogens is 1. The average Bonchev–Trinajstić information content (AvgIpc) is 2.71. The Kier molecular flexibility index (Phi) is 9.21. The number of hydrogen-bond acceptors (Lipinski definition) is 4. The fourth-order valence-electron chi connectivity index (χ4n) is 2.59. The molecule has 8 heteroatoms. The van der Waals surface area contributed by atoms with Crippen LogP contribution in [0.15, 0.2) is 53.0 Å². The first-order valence-electron chi connectivity index (χ1n) is 9.09. The summed E-state index contributed by atoms with van der Waals surface area (Å²) in [5, 5.41) is 8.15. The van der Waals surface area contributed by atoms with Crippen molar-refractivity contribution >= 4 is 51.1 Å². The van der Waals surface area contributed by atoms with Crippen molar-refractivity contribution in [2.45, 2.75) is 19.4 Å². The zero-order valence-electron chi connectivity index (χ0n) is 16.3. The minimum Gasteiger partial charge on any atom is -0.345 e. The molecular weight excluding hydrogens is 454 g/mol. The number of carbonyl (C=O) groups is 3. The average molecular weight is 478 g/mol. The topological polar surface area (TPSA) is 87.3 Å². The third-order valence-electron chi connectivity index (χ3n) is 4.15. The van der Waals surface area contributed by atoms with Crippen LogP contribution in [0.5, 0.6) is 0 Å². The number of rotatable bonds is 9. The summed E-state index contributed by atoms with van der Waals surface area (Å²) < 4.78 is 0.923. The SMILES string of the molecule is CSCC[C@@H](NC(=O)c1ccccc1)C(=O)NCC(=O)Nc1ccc(Br)cc1C. The molecule has 2 aromatic carbocycles. The van der Waals surface area contributed by atoms with Gasteiger partial charge in [-0.1, -0.05) is 34.1 Å². The van der Waals surface area contributed by atoms with E-state index < -0.39 is 6.04 Å². The number of thioether (sulfide) groups is 1. The lowest BCUT2D eigenvalue weighted by Gasteiger charge is -2.18. The number of anilines is 1. The second-order valence-electron chi connectivity index (χ2n) is 6.40. The Balaban J connectivity index is 1.92. The van der Waals surface area contributed by atoms with E-state index in [1.54, 1.807) is 42.1 Å². The molecule has 0 spiro atoms. The molecule has 3 amide bonds. The summed E-state index contributed by atoms with van der Waals surface area (Å²) in [6.07, 6.45) is 2.40. The summed E-state index contributed by atoms with van der Waals surface area (Å²) in [5.41, 5.74) is 2.08. The Morgan fingerprint density at radius 3 is 2.48 bits per heavy atom. The molecule has 3 N–H and O–H groups in total. The molecule has 1 atom stereocenters. The van der Waals surface area contributed by atoms with Gasteiger partial charge in [-0.15, -0.1) is 0 Å². The van der Waals surface area contributed by atoms with Crippen LogP contribution in [0.1, 0.15) is 22.3 Å². The minimum absolute atomic E-state index is 0.175. The number of benzene rings is 2. The van der Waals surface area contributed by atoms with Gasteiger partial charge in [-0.05, 0) is 61.2 Å². The highest BCUT2D eigenvalue weighted by atomic mass is 79.9. The van der Waals surface area contributed by atoms with Crippen molar-refractivity contribution in [2.24, 2.45) is 0 Å². The van der Waals surface area contributed by atoms with Crippen molar-refractivity contribution in [2.75, 3.05) is 23.9 Å². The third kappa shape index (κ3) is 7.55. The van der Waals surface area contributed by atoms with E-state index in [9.17, 15) is 14.4 Å². The summed E-state index contributed by atoms with van der Waals surface area (Å²) in [5.74, 6) is -0.327. The molecule has 29 heavy (non-hydrogen) atoms. The van der Waals surface area contributed by atoms with Gasteiger partial charge in [-0.25, -0.2) is 0 Å². The van der Waals surface area contributed by atoms with E-state index in [0.717, 1.165) is 10.0 Å². The van der Waals surface area contributed by atoms with E-state index >= 15 is 0 Å². The Hall–Kier alpha value is -2.32. The lowest BCUT2D eigenvalue weighted by Crippen LogP contribution is -2.48. The largest absolute Gasteiger partial charge is 0.345 e. The summed E-state index contributed by atoms with van der Waals surface area (Å²) >= 11 is 4.96. The predicted molar refractivity (Wildman–Crippen MR) is 121 cm³/mol. The molecule has 0 heterocycles. The normalized spacial score (nSPS) is 11.4. The van der Waals surface area contributed by atoms with E-state index in [1.807, 2.05) is 31.4 Å². The standard InChI is InChI=1S/C21H24BrN3O3S/c1-14-12-16(22)8-9-17(14)24-19(26)13-23-21(28)18(10-11-29-2)25-20(27)15-6-4-3-5-7-15/h3-9,12,18H,10-11,13H2,1-2H3,(H,23,28)(H,24,26)(H,25,27)/t18-/m1/s1. The van der Waals surface area contributed by atoms with Gasteiger partial charge in [0.1, 0.15) is 6.04 Å². The van der Waals surface area contributed by atoms with Gasteiger partial charge in [0.05, 0.1) is 6.54 Å². The molecule has 0 saturated carbocycles. The summed E-state index contributed by atoms with van der Waals surface area (Å²) in [6, 6.07) is 13.5. The van der Waals surface area contributed by atoms with Gasteiger partial charge in [0.25, 0.3) is 5.91 Å². The molecular formula is C21H24BrN3O3S. The molecule has 2 rings (SSSR count). The van der Waals surface area contributed by atoms with E-state index in [-0.39, 0.29) is 24.3 Å². The number of carbonyl (C=O) groups excluding carboxylic acids is 3. The van der Waals surface area contributed by atoms with E-state index in [0.29, 0.717) is 23.4 Å². The summed E-state index contributed by atoms with van der Waals surface area (Å²) in [6.45, 7) is 1.71. The van der Waals surface area contributed by atoms with Gasteiger partial charge in [-0.2, -0.15) is 11.8 Å². The highest BCUT2D eigenvalue weighted by molar-refractivity contribution is 9.10. The number of hydrogen-bond donors (Lipinski definition) is 3. The van der Waals surface area contributed by atoms with Crippen molar-refractivity contribution in [1.29, 1.82) is 0 Å². The molecule has 0 aliphatic heterocycles. The maximum absolute atomic E-state index is 12.6. The highest BCUT2D eigenvalue weighted by Gasteiger charge is 2.21. The van der Waals surface area contributed by atoms with Gasteiger partial charge in [-0.3, -0.25) is 14.4 Å². The van der Waals surface area contributed by atoms with Crippen LogP contribution < -0.4 is 16.0 Å². The Labute approximate surface area is 183 Å². The van der Waals surface area contributed by atoms with E-state index in [2.05, 4.69) is 31.9 Å². The summed E-state index contributed by atoms with van der Waals surface area (Å²) in [7, 11) is 0. The fourth-order valence-corrected chi connectivity index (χ4v) is 3.53. The van der Waals surface area contributed by atoms with Crippen LogP contribution in [-0.4, -0.2) is 42.3 Å². The molecule has 0 fully saturated rings. The first-order valence-corrected chi connectivity index (χ1v) is 11.3. The number of amides is 3. The van der Waals surface area contributed by atoms with E-state index in [1.165, 1.54) is 0 Å². The van der Waals surface area contributed by atoms with Crippen LogP contribution in [0, 0.1) is 6.92 Å². The van der Waals surface area contributed by atoms with Gasteiger partial charge >= 0.3 is 0 Å². The van der Waals surface area contributed by atoms with Crippen molar-refractivity contribution in [3.63, 3.8) is 0 Å². The summed E-state index contributed by atoms with van der Waals surface area (Å²) in [4.78, 5) is 37.2. The monoisotopic (exact) mass is 477 g/mol. The predicted octanol–water partition coefficient (Wildman–Crippen LogP) is 3.36. The molecule has 0 unspecified atom stereocenters. The molecule has 0 aliphatic carbocycles. The second-order valence-corrected chi connectivity index (χ2v) is 8.30. The van der Waals surface area contributed by atoms with Crippen LogP contribution >= 0.6 is 27.7 Å². The highest BCUT2D eigenvalue weighted by Crippen LogP contribution is 2.19. The fraction of sp³-hybridized carbons (Fsp3) is 0.286. The van der Waals surface area contributed by atoms with Crippen LogP contribution in [0.25, 0.3) is 0 Å². The Morgan fingerprint density at radius 2 is 1.83 bits per heavy atom. The number of nitrogens with one attached hydrogen (secondary N) is 3. The first kappa shape index (κ1) is 23.0. The van der Waals surface area contributed by atoms with Crippen molar-refractivity contribution in [3.8, 4) is 0 Å². The Morgan fingerprint density at radius 1 is 1.10 bits per heavy atom. The lowest BCUT2D eigenvalue weighted by molar-refractivity contribution is -0.125. The number of aryl methyl sites for hydroxylation is 1. The molecule has 0 aromatic heterocycles. The molecule has 0 saturated heterocycles. The zero-order chi connectivity index (χ0) is 21.2. The molecule has 0 radical (unpaired) electrons. The third-order valence-corrected chi connectivity index (χ3v) is 5.29. The maximum Gasteiger partial charge on any atom is 0.251 e. The quantitative estimate of drug-likeness (QED) is 0.516. The van der Waals surface area contributed by atoms with Gasteiger partial charge in [0.2, 0.25) is 11.8 Å². The molecule has 0 bridgehead atoms. The second kappa shape index (κ2) is 11.6. The van der Waals surface area contributed by atoms with Crippen LogP contribution in [0.4, 0.5) is 5.69 Å². The van der Waals surface area contributed by atoms with Gasteiger partial charge in [0, 0.05) is 15.7 Å². The van der Waals surface area contributed by atoms with Crippen molar-refractivity contribution in [1.82, 2.24) is 10.6 Å².